The number of rotatable bonds is 5. The lowest BCUT2D eigenvalue weighted by atomic mass is 10.4. The average Bonchev–Trinajstić information content (AvgIpc) is 1.78. The summed E-state index contributed by atoms with van der Waals surface area (Å²) in [5, 5.41) is 0. The molecular formula is C8H20ClNO. The Balaban J connectivity index is 0. The summed E-state index contributed by atoms with van der Waals surface area (Å²) in [6.07, 6.45) is 2.40. The Kier molecular flexibility index (Phi) is 8.63. The normalized spacial score (nSPS) is 10.9. The van der Waals surface area contributed by atoms with Crippen LogP contribution in [0.25, 0.3) is 0 Å². The fraction of sp³-hybridized carbons (Fsp3) is 1.00. The lowest BCUT2D eigenvalue weighted by Gasteiger charge is -2.23. The highest BCUT2D eigenvalue weighted by Gasteiger charge is 2.04. The second-order valence-corrected chi connectivity index (χ2v) is 3.68. The molecule has 0 rings (SSSR count). The number of unbranched alkanes of at least 4 members (excludes halogenated alkanes) is 1. The van der Waals surface area contributed by atoms with Gasteiger partial charge in [-0.1, -0.05) is 13.3 Å². The van der Waals surface area contributed by atoms with Gasteiger partial charge in [0.2, 0.25) is 0 Å². The van der Waals surface area contributed by atoms with Gasteiger partial charge in [0, 0.05) is 0 Å². The lowest BCUT2D eigenvalue weighted by Crippen LogP contribution is -3.00. The second-order valence-electron chi connectivity index (χ2n) is 3.68. The van der Waals surface area contributed by atoms with Gasteiger partial charge < -0.3 is 21.6 Å². The van der Waals surface area contributed by atoms with Crippen molar-refractivity contribution in [1.82, 2.24) is 0 Å². The van der Waals surface area contributed by atoms with Gasteiger partial charge in [0.15, 0.2) is 6.73 Å². The lowest BCUT2D eigenvalue weighted by molar-refractivity contribution is -0.890. The first kappa shape index (κ1) is 13.8. The zero-order chi connectivity index (χ0) is 8.04. The number of nitrogens with zero attached hydrogens (tertiary/aromatic N) is 1. The molecule has 0 atom stereocenters. The van der Waals surface area contributed by atoms with E-state index in [0.29, 0.717) is 0 Å². The van der Waals surface area contributed by atoms with Gasteiger partial charge in [-0.25, -0.2) is 0 Å². The van der Waals surface area contributed by atoms with Crippen molar-refractivity contribution in [2.75, 3.05) is 34.5 Å². The first-order valence-corrected chi connectivity index (χ1v) is 3.94. The van der Waals surface area contributed by atoms with E-state index in [2.05, 4.69) is 28.1 Å². The molecule has 70 valence electrons. The van der Waals surface area contributed by atoms with Gasteiger partial charge in [-0.05, 0) is 6.42 Å². The number of hydrogen-bond acceptors (Lipinski definition) is 1. The summed E-state index contributed by atoms with van der Waals surface area (Å²) in [6, 6.07) is 0. The molecule has 11 heavy (non-hydrogen) atoms. The van der Waals surface area contributed by atoms with Crippen molar-refractivity contribution < 1.29 is 21.6 Å². The molecule has 0 aliphatic carbocycles. The molecule has 0 spiro atoms. The van der Waals surface area contributed by atoms with Gasteiger partial charge in [-0.2, -0.15) is 0 Å². The summed E-state index contributed by atoms with van der Waals surface area (Å²) < 4.78 is 6.30. The third-order valence-corrected chi connectivity index (χ3v) is 1.12. The van der Waals surface area contributed by atoms with E-state index in [1.54, 1.807) is 0 Å². The number of halogens is 1. The quantitative estimate of drug-likeness (QED) is 0.284. The van der Waals surface area contributed by atoms with Crippen molar-refractivity contribution in [1.29, 1.82) is 0 Å². The monoisotopic (exact) mass is 181 g/mol. The molecule has 0 aliphatic rings. The Morgan fingerprint density at radius 3 is 2.09 bits per heavy atom. The number of quaternary nitrogens is 1. The predicted molar refractivity (Wildman–Crippen MR) is 43.8 cm³/mol. The maximum absolute atomic E-state index is 5.41. The van der Waals surface area contributed by atoms with Crippen LogP contribution in [0.1, 0.15) is 19.8 Å². The molecule has 0 aromatic heterocycles. The van der Waals surface area contributed by atoms with E-state index in [1.807, 2.05) is 0 Å². The molecule has 0 saturated carbocycles. The minimum atomic E-state index is 0. The van der Waals surface area contributed by atoms with E-state index >= 15 is 0 Å². The Morgan fingerprint density at radius 1 is 1.18 bits per heavy atom. The maximum Gasteiger partial charge on any atom is 0.182 e. The molecule has 0 radical (unpaired) electrons. The van der Waals surface area contributed by atoms with E-state index in [4.69, 9.17) is 4.74 Å². The standard InChI is InChI=1S/C8H20NO.ClH/c1-5-6-7-10-8-9(2,3)4;/h5-8H2,1-4H3;1H/q+1;/p-1. The first-order valence-electron chi connectivity index (χ1n) is 3.94. The summed E-state index contributed by atoms with van der Waals surface area (Å²) in [5.41, 5.74) is 0. The fourth-order valence-electron chi connectivity index (χ4n) is 0.585. The maximum atomic E-state index is 5.41. The van der Waals surface area contributed by atoms with Crippen molar-refractivity contribution in [3.05, 3.63) is 0 Å². The van der Waals surface area contributed by atoms with Crippen molar-refractivity contribution in [2.45, 2.75) is 19.8 Å². The smallest absolute Gasteiger partial charge is 0.182 e. The zero-order valence-electron chi connectivity index (χ0n) is 8.06. The van der Waals surface area contributed by atoms with E-state index in [-0.39, 0.29) is 12.4 Å². The van der Waals surface area contributed by atoms with Gasteiger partial charge in [-0.15, -0.1) is 0 Å². The van der Waals surface area contributed by atoms with Crippen LogP contribution in [0.4, 0.5) is 0 Å². The number of ether oxygens (including phenoxy) is 1. The summed E-state index contributed by atoms with van der Waals surface area (Å²) >= 11 is 0. The highest BCUT2D eigenvalue weighted by molar-refractivity contribution is 4.28. The van der Waals surface area contributed by atoms with Crippen molar-refractivity contribution in [3.8, 4) is 0 Å². The van der Waals surface area contributed by atoms with Crippen molar-refractivity contribution in [2.24, 2.45) is 0 Å². The molecule has 0 N–H and O–H groups in total. The van der Waals surface area contributed by atoms with Gasteiger partial charge in [0.25, 0.3) is 0 Å². The summed E-state index contributed by atoms with van der Waals surface area (Å²) in [6.45, 7) is 3.90. The van der Waals surface area contributed by atoms with E-state index < -0.39 is 0 Å². The van der Waals surface area contributed by atoms with E-state index in [9.17, 15) is 0 Å². The topological polar surface area (TPSA) is 9.23 Å². The molecule has 0 amide bonds. The average molecular weight is 182 g/mol. The Morgan fingerprint density at radius 2 is 1.73 bits per heavy atom. The number of hydrogen-bond donors (Lipinski definition) is 0. The summed E-state index contributed by atoms with van der Waals surface area (Å²) in [4.78, 5) is 0. The van der Waals surface area contributed by atoms with Crippen LogP contribution in [0.2, 0.25) is 0 Å². The summed E-state index contributed by atoms with van der Waals surface area (Å²) in [7, 11) is 6.39. The zero-order valence-corrected chi connectivity index (χ0v) is 8.82. The molecule has 0 heterocycles. The molecule has 0 saturated heterocycles. The van der Waals surface area contributed by atoms with Crippen LogP contribution in [0.15, 0.2) is 0 Å². The SMILES string of the molecule is CCCCOC[N+](C)(C)C.[Cl-]. The Labute approximate surface area is 76.5 Å². The Hall–Kier alpha value is 0.210. The molecule has 0 aromatic carbocycles. The third kappa shape index (κ3) is 13.2. The van der Waals surface area contributed by atoms with Crippen molar-refractivity contribution in [3.63, 3.8) is 0 Å². The van der Waals surface area contributed by atoms with Crippen LogP contribution in [-0.2, 0) is 4.74 Å². The van der Waals surface area contributed by atoms with Crippen LogP contribution in [0, 0.1) is 0 Å². The van der Waals surface area contributed by atoms with Crippen LogP contribution >= 0.6 is 0 Å². The van der Waals surface area contributed by atoms with E-state index in [0.717, 1.165) is 17.8 Å². The molecule has 0 unspecified atom stereocenters. The van der Waals surface area contributed by atoms with Gasteiger partial charge in [0.1, 0.15) is 0 Å². The summed E-state index contributed by atoms with van der Waals surface area (Å²) in [5.74, 6) is 0. The van der Waals surface area contributed by atoms with Gasteiger partial charge >= 0.3 is 0 Å². The molecule has 0 aliphatic heterocycles. The van der Waals surface area contributed by atoms with Gasteiger partial charge in [-0.3, -0.25) is 0 Å². The predicted octanol–water partition coefficient (Wildman–Crippen LogP) is -1.53. The third-order valence-electron chi connectivity index (χ3n) is 1.12. The van der Waals surface area contributed by atoms with Crippen LogP contribution in [-0.4, -0.2) is 39.0 Å². The van der Waals surface area contributed by atoms with E-state index in [1.165, 1.54) is 12.8 Å². The second kappa shape index (κ2) is 6.89. The van der Waals surface area contributed by atoms with Crippen molar-refractivity contribution >= 4 is 0 Å². The largest absolute Gasteiger partial charge is 1.00 e. The molecule has 2 nitrogen and oxygen atoms in total. The van der Waals surface area contributed by atoms with Crippen LogP contribution in [0.3, 0.4) is 0 Å². The highest BCUT2D eigenvalue weighted by Crippen LogP contribution is 1.93. The first-order chi connectivity index (χ1) is 4.56. The van der Waals surface area contributed by atoms with Crippen LogP contribution < -0.4 is 12.4 Å². The minimum absolute atomic E-state index is 0. The Bertz CT molecular complexity index is 80.7. The molecular weight excluding hydrogens is 162 g/mol. The minimum Gasteiger partial charge on any atom is -1.00 e. The molecule has 3 heteroatoms. The van der Waals surface area contributed by atoms with Gasteiger partial charge in [0.05, 0.1) is 27.7 Å². The van der Waals surface area contributed by atoms with Crippen LogP contribution in [0.5, 0.6) is 0 Å². The molecule has 0 bridgehead atoms. The fourth-order valence-corrected chi connectivity index (χ4v) is 0.585. The molecule has 0 aromatic rings. The molecule has 0 fully saturated rings. The highest BCUT2D eigenvalue weighted by atomic mass is 35.5.